The third-order valence-corrected chi connectivity index (χ3v) is 7.88. The molecule has 1 aliphatic heterocycles. The highest BCUT2D eigenvalue weighted by atomic mass is 35.5. The van der Waals surface area contributed by atoms with E-state index in [-0.39, 0.29) is 22.4 Å². The van der Waals surface area contributed by atoms with Crippen LogP contribution in [0, 0.1) is 6.92 Å². The summed E-state index contributed by atoms with van der Waals surface area (Å²) in [5.41, 5.74) is 0.836. The van der Waals surface area contributed by atoms with E-state index in [4.69, 9.17) is 16.7 Å². The van der Waals surface area contributed by atoms with E-state index in [0.29, 0.717) is 17.3 Å². The van der Waals surface area contributed by atoms with Crippen LogP contribution < -0.4 is 0 Å². The minimum atomic E-state index is -3.60. The maximum Gasteiger partial charge on any atom is 0.338 e. The lowest BCUT2D eigenvalue weighted by Gasteiger charge is -2.31. The summed E-state index contributed by atoms with van der Waals surface area (Å²) in [5.74, 6) is -1.05. The number of hydrogen-bond acceptors (Lipinski definition) is 5. The summed E-state index contributed by atoms with van der Waals surface area (Å²) in [6, 6.07) is 1.40. The Labute approximate surface area is 148 Å². The highest BCUT2D eigenvalue weighted by Gasteiger charge is 2.32. The average Bonchev–Trinajstić information content (AvgIpc) is 3.16. The predicted molar refractivity (Wildman–Crippen MR) is 90.3 cm³/mol. The quantitative estimate of drug-likeness (QED) is 0.867. The minimum Gasteiger partial charge on any atom is -0.478 e. The van der Waals surface area contributed by atoms with E-state index in [1.807, 2.05) is 0 Å². The summed E-state index contributed by atoms with van der Waals surface area (Å²) in [6.45, 7) is 2.46. The van der Waals surface area contributed by atoms with Gasteiger partial charge in [0.25, 0.3) is 10.0 Å². The van der Waals surface area contributed by atoms with E-state index in [2.05, 4.69) is 5.10 Å². The molecule has 1 unspecified atom stereocenters. The van der Waals surface area contributed by atoms with Crippen LogP contribution in [0.5, 0.6) is 0 Å². The van der Waals surface area contributed by atoms with Crippen LogP contribution in [0.2, 0.25) is 4.34 Å². The van der Waals surface area contributed by atoms with E-state index in [1.54, 1.807) is 13.0 Å². The zero-order valence-corrected chi connectivity index (χ0v) is 15.2. The highest BCUT2D eigenvalue weighted by Crippen LogP contribution is 2.34. The molecule has 1 N–H and O–H groups in total. The van der Waals surface area contributed by atoms with Crippen molar-refractivity contribution < 1.29 is 18.3 Å². The summed E-state index contributed by atoms with van der Waals surface area (Å²) < 4.78 is 29.3. The average molecular weight is 390 g/mol. The van der Waals surface area contributed by atoms with Gasteiger partial charge in [-0.05, 0) is 31.4 Å². The van der Waals surface area contributed by atoms with Crippen molar-refractivity contribution >= 4 is 38.9 Å². The van der Waals surface area contributed by atoms with Gasteiger partial charge in [0.15, 0.2) is 0 Å². The van der Waals surface area contributed by atoms with Gasteiger partial charge in [-0.3, -0.25) is 4.68 Å². The fourth-order valence-electron chi connectivity index (χ4n) is 2.69. The van der Waals surface area contributed by atoms with Crippen LogP contribution >= 0.6 is 22.9 Å². The zero-order valence-electron chi connectivity index (χ0n) is 12.8. The second-order valence-corrected chi connectivity index (χ2v) is 9.51. The van der Waals surface area contributed by atoms with Crippen molar-refractivity contribution in [3.8, 4) is 0 Å². The summed E-state index contributed by atoms with van der Waals surface area (Å²) >= 11 is 7.05. The molecule has 130 valence electrons. The molecule has 0 bridgehead atoms. The Hall–Kier alpha value is -1.42. The Bertz CT molecular complexity index is 855. The van der Waals surface area contributed by atoms with Crippen LogP contribution in [-0.4, -0.2) is 46.7 Å². The molecule has 10 heteroatoms. The molecule has 1 aliphatic rings. The highest BCUT2D eigenvalue weighted by molar-refractivity contribution is 7.91. The number of carboxylic acid groups (broad SMARTS) is 1. The van der Waals surface area contributed by atoms with Crippen LogP contribution in [0.25, 0.3) is 0 Å². The van der Waals surface area contributed by atoms with Crippen LogP contribution in [-0.2, 0) is 10.0 Å². The number of rotatable bonds is 4. The molecule has 2 aromatic rings. The molecule has 3 rings (SSSR count). The number of carbonyl (C=O) groups is 1. The Balaban J connectivity index is 1.83. The zero-order chi connectivity index (χ0) is 17.5. The van der Waals surface area contributed by atoms with Crippen molar-refractivity contribution in [1.82, 2.24) is 14.1 Å². The standard InChI is InChI=1S/C14H16ClN3O4S2/c1-9-5-12(23-13(9)15)24(21,22)17-4-2-3-11(8-17)18-7-10(6-16-18)14(19)20/h5-7,11H,2-4,8H2,1H3,(H,19,20). The first-order valence-corrected chi connectivity index (χ1v) is 9.96. The number of nitrogens with zero attached hydrogens (tertiary/aromatic N) is 3. The van der Waals surface area contributed by atoms with Crippen molar-refractivity contribution in [3.05, 3.63) is 33.9 Å². The fourth-order valence-corrected chi connectivity index (χ4v) is 6.07. The third-order valence-electron chi connectivity index (χ3n) is 4.01. The molecule has 1 saturated heterocycles. The first kappa shape index (κ1) is 17.4. The molecule has 24 heavy (non-hydrogen) atoms. The topological polar surface area (TPSA) is 92.5 Å². The summed E-state index contributed by atoms with van der Waals surface area (Å²) in [4.78, 5) is 11.0. The molecule has 0 radical (unpaired) electrons. The minimum absolute atomic E-state index is 0.0932. The van der Waals surface area contributed by atoms with Crippen LogP contribution in [0.1, 0.15) is 34.8 Å². The van der Waals surface area contributed by atoms with Gasteiger partial charge in [0.1, 0.15) is 4.21 Å². The smallest absolute Gasteiger partial charge is 0.338 e. The number of thiophene rings is 1. The van der Waals surface area contributed by atoms with Gasteiger partial charge in [-0.1, -0.05) is 11.6 Å². The SMILES string of the molecule is Cc1cc(S(=O)(=O)N2CCCC(n3cc(C(=O)O)cn3)C2)sc1Cl. The molecule has 7 nitrogen and oxygen atoms in total. The largest absolute Gasteiger partial charge is 0.478 e. The number of piperidine rings is 1. The maximum absolute atomic E-state index is 12.8. The Morgan fingerprint density at radius 2 is 2.25 bits per heavy atom. The number of hydrogen-bond donors (Lipinski definition) is 1. The van der Waals surface area contributed by atoms with E-state index < -0.39 is 16.0 Å². The van der Waals surface area contributed by atoms with Gasteiger partial charge >= 0.3 is 5.97 Å². The molecule has 0 aromatic carbocycles. The van der Waals surface area contributed by atoms with Gasteiger partial charge in [0.05, 0.1) is 22.1 Å². The Morgan fingerprint density at radius 3 is 2.83 bits per heavy atom. The third kappa shape index (κ3) is 3.21. The second kappa shape index (κ2) is 6.47. The van der Waals surface area contributed by atoms with Gasteiger partial charge < -0.3 is 5.11 Å². The Morgan fingerprint density at radius 1 is 1.50 bits per heavy atom. The predicted octanol–water partition coefficient (Wildman–Crippen LogP) is 2.63. The molecule has 0 spiro atoms. The molecule has 2 aromatic heterocycles. The number of sulfonamides is 1. The lowest BCUT2D eigenvalue weighted by Crippen LogP contribution is -2.40. The summed E-state index contributed by atoms with van der Waals surface area (Å²) in [6.07, 6.45) is 4.15. The number of aromatic nitrogens is 2. The molecule has 1 atom stereocenters. The van der Waals surface area contributed by atoms with E-state index in [1.165, 1.54) is 21.4 Å². The first-order chi connectivity index (χ1) is 11.3. The van der Waals surface area contributed by atoms with Crippen LogP contribution in [0.4, 0.5) is 0 Å². The summed E-state index contributed by atoms with van der Waals surface area (Å²) in [5, 5.41) is 13.0. The molecule has 1 fully saturated rings. The number of carboxylic acids is 1. The lowest BCUT2D eigenvalue weighted by molar-refractivity contribution is 0.0696. The van der Waals surface area contributed by atoms with Crippen LogP contribution in [0.15, 0.2) is 22.7 Å². The van der Waals surface area contributed by atoms with Gasteiger partial charge in [0.2, 0.25) is 0 Å². The van der Waals surface area contributed by atoms with Crippen LogP contribution in [0.3, 0.4) is 0 Å². The molecular formula is C14H16ClN3O4S2. The number of halogens is 1. The van der Waals surface area contributed by atoms with Crippen molar-refractivity contribution in [2.24, 2.45) is 0 Å². The van der Waals surface area contributed by atoms with Crippen molar-refractivity contribution in [1.29, 1.82) is 0 Å². The molecule has 0 aliphatic carbocycles. The summed E-state index contributed by atoms with van der Waals surface area (Å²) in [7, 11) is -3.60. The second-order valence-electron chi connectivity index (χ2n) is 5.70. The van der Waals surface area contributed by atoms with Gasteiger partial charge in [-0.15, -0.1) is 11.3 Å². The fraction of sp³-hybridized carbons (Fsp3) is 0.429. The molecular weight excluding hydrogens is 374 g/mol. The van der Waals surface area contributed by atoms with Crippen molar-refractivity contribution in [3.63, 3.8) is 0 Å². The van der Waals surface area contributed by atoms with E-state index >= 15 is 0 Å². The van der Waals surface area contributed by atoms with Gasteiger partial charge in [-0.25, -0.2) is 13.2 Å². The number of aromatic carboxylic acids is 1. The monoisotopic (exact) mass is 389 g/mol. The normalized spacial score (nSPS) is 19.5. The Kier molecular flexibility index (Phi) is 4.69. The van der Waals surface area contributed by atoms with Gasteiger partial charge in [0, 0.05) is 19.3 Å². The number of aryl methyl sites for hydroxylation is 1. The first-order valence-electron chi connectivity index (χ1n) is 7.32. The van der Waals surface area contributed by atoms with Gasteiger partial charge in [-0.2, -0.15) is 9.40 Å². The van der Waals surface area contributed by atoms with Crippen molar-refractivity contribution in [2.45, 2.75) is 30.0 Å². The lowest BCUT2D eigenvalue weighted by atomic mass is 10.1. The van der Waals surface area contributed by atoms with E-state index in [0.717, 1.165) is 23.3 Å². The van der Waals surface area contributed by atoms with E-state index in [9.17, 15) is 13.2 Å². The molecule has 0 amide bonds. The molecule has 0 saturated carbocycles. The van der Waals surface area contributed by atoms with Crippen molar-refractivity contribution in [2.75, 3.05) is 13.1 Å². The molecule has 3 heterocycles. The maximum atomic E-state index is 12.8.